The van der Waals surface area contributed by atoms with E-state index in [0.717, 1.165) is 22.7 Å². The van der Waals surface area contributed by atoms with E-state index in [4.69, 9.17) is 32.7 Å². The highest BCUT2D eigenvalue weighted by atomic mass is 35.5. The first-order valence-electron chi connectivity index (χ1n) is 14.1. The van der Waals surface area contributed by atoms with E-state index in [1.807, 2.05) is 37.3 Å². The van der Waals surface area contributed by atoms with Crippen molar-refractivity contribution >= 4 is 50.7 Å². The molecule has 9 nitrogen and oxygen atoms in total. The van der Waals surface area contributed by atoms with E-state index < -0.39 is 28.5 Å². The molecule has 1 heterocycles. The Labute approximate surface area is 262 Å². The van der Waals surface area contributed by atoms with Gasteiger partial charge in [0.1, 0.15) is 12.6 Å². The number of nitrogens with zero attached hydrogens (tertiary/aromatic N) is 2. The van der Waals surface area contributed by atoms with Gasteiger partial charge in [0.05, 0.1) is 11.4 Å². The molecule has 0 aliphatic carbocycles. The molecule has 12 heteroatoms. The molecule has 0 saturated heterocycles. The van der Waals surface area contributed by atoms with Crippen LogP contribution < -0.4 is 19.1 Å². The lowest BCUT2D eigenvalue weighted by atomic mass is 10.0. The summed E-state index contributed by atoms with van der Waals surface area (Å²) in [5.41, 5.74) is 1.52. The highest BCUT2D eigenvalue weighted by Crippen LogP contribution is 2.36. The van der Waals surface area contributed by atoms with Crippen LogP contribution in [-0.4, -0.2) is 56.8 Å². The Balaban J connectivity index is 1.76. The van der Waals surface area contributed by atoms with Gasteiger partial charge in [-0.3, -0.25) is 13.9 Å². The largest absolute Gasteiger partial charge is 0.454 e. The quantitative estimate of drug-likeness (QED) is 0.234. The van der Waals surface area contributed by atoms with E-state index in [-0.39, 0.29) is 37.1 Å². The average molecular weight is 649 g/mol. The summed E-state index contributed by atoms with van der Waals surface area (Å²) in [4.78, 5) is 29.4. The van der Waals surface area contributed by atoms with Crippen molar-refractivity contribution in [1.29, 1.82) is 0 Å². The normalized spacial score (nSPS) is 12.9. The molecule has 230 valence electrons. The predicted octanol–water partition coefficient (Wildman–Crippen LogP) is 5.43. The molecule has 0 radical (unpaired) electrons. The molecule has 3 aromatic carbocycles. The topological polar surface area (TPSA) is 105 Å². The standard InChI is InChI=1S/C31H35Cl2N3O6S/c1-3-5-16-34-31(38)27(17-22-10-7-6-8-11-22)35(19-24-25(32)12-9-13-26(24)33)30(37)20-36(43(39,40)4-2)23-14-15-28-29(18-23)42-21-41-28/h6-15,18,27H,3-5,16-17,19-21H2,1-2H3,(H,34,38)/t27-/m1/s1. The Morgan fingerprint density at radius 1 is 0.953 bits per heavy atom. The number of ether oxygens (including phenoxy) is 2. The maximum absolute atomic E-state index is 14.3. The molecule has 0 spiro atoms. The summed E-state index contributed by atoms with van der Waals surface area (Å²) in [6.07, 6.45) is 1.83. The van der Waals surface area contributed by atoms with Crippen molar-refractivity contribution in [2.24, 2.45) is 0 Å². The van der Waals surface area contributed by atoms with Crippen LogP contribution >= 0.6 is 23.2 Å². The lowest BCUT2D eigenvalue weighted by molar-refractivity contribution is -0.140. The lowest BCUT2D eigenvalue weighted by Crippen LogP contribution is -2.53. The zero-order valence-electron chi connectivity index (χ0n) is 24.1. The fraction of sp³-hybridized carbons (Fsp3) is 0.355. The van der Waals surface area contributed by atoms with Crippen LogP contribution in [0.2, 0.25) is 10.0 Å². The number of benzene rings is 3. The van der Waals surface area contributed by atoms with Crippen LogP contribution in [0.5, 0.6) is 11.5 Å². The van der Waals surface area contributed by atoms with E-state index in [1.165, 1.54) is 17.9 Å². The average Bonchev–Trinajstić information content (AvgIpc) is 3.47. The van der Waals surface area contributed by atoms with E-state index in [0.29, 0.717) is 33.7 Å². The van der Waals surface area contributed by atoms with Gasteiger partial charge in [0.25, 0.3) is 0 Å². The summed E-state index contributed by atoms with van der Waals surface area (Å²) in [6, 6.07) is 18.0. The van der Waals surface area contributed by atoms with Crippen molar-refractivity contribution in [3.8, 4) is 11.5 Å². The van der Waals surface area contributed by atoms with Crippen LogP contribution in [0.25, 0.3) is 0 Å². The zero-order valence-corrected chi connectivity index (χ0v) is 26.4. The number of unbranched alkanes of at least 4 members (excludes halogenated alkanes) is 1. The van der Waals surface area contributed by atoms with Gasteiger partial charge >= 0.3 is 0 Å². The first-order valence-corrected chi connectivity index (χ1v) is 16.4. The first kappa shape index (κ1) is 32.4. The number of rotatable bonds is 14. The molecule has 1 N–H and O–H groups in total. The zero-order chi connectivity index (χ0) is 31.0. The summed E-state index contributed by atoms with van der Waals surface area (Å²) >= 11 is 13.0. The Morgan fingerprint density at radius 2 is 1.65 bits per heavy atom. The monoisotopic (exact) mass is 647 g/mol. The molecule has 0 fully saturated rings. The van der Waals surface area contributed by atoms with Crippen LogP contribution in [0.3, 0.4) is 0 Å². The summed E-state index contributed by atoms with van der Waals surface area (Å²) in [7, 11) is -3.93. The third-order valence-electron chi connectivity index (χ3n) is 7.11. The van der Waals surface area contributed by atoms with E-state index in [2.05, 4.69) is 5.32 Å². The molecule has 0 aromatic heterocycles. The summed E-state index contributed by atoms with van der Waals surface area (Å²) in [5, 5.41) is 3.59. The predicted molar refractivity (Wildman–Crippen MR) is 168 cm³/mol. The Kier molecular flexibility index (Phi) is 11.2. The van der Waals surface area contributed by atoms with E-state index >= 15 is 0 Å². The number of hydrogen-bond donors (Lipinski definition) is 1. The van der Waals surface area contributed by atoms with Crippen molar-refractivity contribution < 1.29 is 27.5 Å². The molecule has 0 bridgehead atoms. The second kappa shape index (κ2) is 14.8. The molecular weight excluding hydrogens is 613 g/mol. The SMILES string of the molecule is CCCCNC(=O)[C@@H](Cc1ccccc1)N(Cc1c(Cl)cccc1Cl)C(=O)CN(c1ccc2c(c1)OCO2)S(=O)(=O)CC. The van der Waals surface area contributed by atoms with Gasteiger partial charge in [0.15, 0.2) is 11.5 Å². The molecule has 1 aliphatic rings. The maximum Gasteiger partial charge on any atom is 0.244 e. The number of amides is 2. The third-order valence-corrected chi connectivity index (χ3v) is 9.56. The van der Waals surface area contributed by atoms with E-state index in [9.17, 15) is 18.0 Å². The molecule has 3 aromatic rings. The van der Waals surface area contributed by atoms with Crippen molar-refractivity contribution in [3.05, 3.63) is 87.9 Å². The molecule has 0 saturated carbocycles. The van der Waals surface area contributed by atoms with Crippen molar-refractivity contribution in [2.75, 3.05) is 29.9 Å². The van der Waals surface area contributed by atoms with Crippen LogP contribution in [0.4, 0.5) is 5.69 Å². The van der Waals surface area contributed by atoms with Gasteiger partial charge in [-0.15, -0.1) is 0 Å². The molecule has 1 atom stereocenters. The minimum Gasteiger partial charge on any atom is -0.454 e. The third kappa shape index (κ3) is 8.13. The number of anilines is 1. The minimum atomic E-state index is -3.93. The van der Waals surface area contributed by atoms with Gasteiger partial charge < -0.3 is 19.7 Å². The van der Waals surface area contributed by atoms with Gasteiger partial charge in [-0.2, -0.15) is 0 Å². The van der Waals surface area contributed by atoms with Gasteiger partial charge in [0.2, 0.25) is 28.6 Å². The highest BCUT2D eigenvalue weighted by Gasteiger charge is 2.34. The van der Waals surface area contributed by atoms with E-state index in [1.54, 1.807) is 30.3 Å². The molecule has 43 heavy (non-hydrogen) atoms. The number of fused-ring (bicyclic) bond motifs is 1. The fourth-order valence-electron chi connectivity index (χ4n) is 4.67. The fourth-order valence-corrected chi connectivity index (χ4v) is 6.24. The Morgan fingerprint density at radius 3 is 2.33 bits per heavy atom. The summed E-state index contributed by atoms with van der Waals surface area (Å²) < 4.78 is 38.6. The van der Waals surface area contributed by atoms with Crippen LogP contribution in [-0.2, 0) is 32.6 Å². The number of hydrogen-bond acceptors (Lipinski definition) is 6. The number of sulfonamides is 1. The van der Waals surface area contributed by atoms with Crippen LogP contribution in [0.1, 0.15) is 37.8 Å². The smallest absolute Gasteiger partial charge is 0.244 e. The summed E-state index contributed by atoms with van der Waals surface area (Å²) in [5.74, 6) is -0.362. The molecule has 2 amide bonds. The second-order valence-electron chi connectivity index (χ2n) is 10.0. The maximum atomic E-state index is 14.3. The minimum absolute atomic E-state index is 0.0128. The molecule has 1 aliphatic heterocycles. The van der Waals surface area contributed by atoms with Crippen molar-refractivity contribution in [1.82, 2.24) is 10.2 Å². The van der Waals surface area contributed by atoms with Gasteiger partial charge in [-0.05, 0) is 43.2 Å². The molecule has 0 unspecified atom stereocenters. The number of carbonyl (C=O) groups excluding carboxylic acids is 2. The number of halogens is 2. The lowest BCUT2D eigenvalue weighted by Gasteiger charge is -2.34. The van der Waals surface area contributed by atoms with Crippen molar-refractivity contribution in [2.45, 2.75) is 45.7 Å². The van der Waals surface area contributed by atoms with Gasteiger partial charge in [-0.1, -0.05) is 72.9 Å². The Bertz CT molecular complexity index is 1520. The molecular formula is C31H35Cl2N3O6S. The first-order chi connectivity index (χ1) is 20.6. The second-order valence-corrected chi connectivity index (χ2v) is 13.0. The van der Waals surface area contributed by atoms with Crippen LogP contribution in [0.15, 0.2) is 66.7 Å². The Hall–Kier alpha value is -3.47. The number of carbonyl (C=O) groups is 2. The van der Waals surface area contributed by atoms with Gasteiger partial charge in [-0.25, -0.2) is 8.42 Å². The van der Waals surface area contributed by atoms with Gasteiger partial charge in [0, 0.05) is 41.2 Å². The molecule has 4 rings (SSSR count). The summed E-state index contributed by atoms with van der Waals surface area (Å²) in [6.45, 7) is 3.28. The highest BCUT2D eigenvalue weighted by molar-refractivity contribution is 7.92. The number of nitrogens with one attached hydrogen (secondary N) is 1. The van der Waals surface area contributed by atoms with Crippen molar-refractivity contribution in [3.63, 3.8) is 0 Å². The van der Waals surface area contributed by atoms with Crippen LogP contribution in [0, 0.1) is 0 Å².